The Balaban J connectivity index is 2.63. The summed E-state index contributed by atoms with van der Waals surface area (Å²) in [5.74, 6) is 0.476. The van der Waals surface area contributed by atoms with Crippen LogP contribution in [0.15, 0.2) is 12.3 Å². The normalized spacial score (nSPS) is 21.4. The molecule has 1 atom stereocenters. The topological polar surface area (TPSA) is 30.0 Å². The molecule has 0 unspecified atom stereocenters. The van der Waals surface area contributed by atoms with E-state index in [4.69, 9.17) is 11.6 Å². The second-order valence-corrected chi connectivity index (χ2v) is 3.83. The van der Waals surface area contributed by atoms with Crippen LogP contribution in [0.25, 0.3) is 0 Å². The Kier molecular flexibility index (Phi) is 2.08. The van der Waals surface area contributed by atoms with Crippen molar-refractivity contribution in [3.63, 3.8) is 0 Å². The third kappa shape index (κ3) is 1.35. The first kappa shape index (κ1) is 8.70. The van der Waals surface area contributed by atoms with Crippen LogP contribution in [0.5, 0.6) is 0 Å². The van der Waals surface area contributed by atoms with E-state index >= 15 is 0 Å². The molecule has 13 heavy (non-hydrogen) atoms. The molecule has 0 fully saturated rings. The summed E-state index contributed by atoms with van der Waals surface area (Å²) >= 11 is 6.01. The molecule has 1 heterocycles. The van der Waals surface area contributed by atoms with Crippen molar-refractivity contribution in [1.82, 2.24) is 4.98 Å². The van der Waals surface area contributed by atoms with Crippen LogP contribution in [0, 0.1) is 0 Å². The van der Waals surface area contributed by atoms with Gasteiger partial charge in [-0.05, 0) is 18.4 Å². The smallest absolute Gasteiger partial charge is 0.181 e. The lowest BCUT2D eigenvalue weighted by Crippen LogP contribution is -2.16. The molecule has 1 aliphatic carbocycles. The minimum absolute atomic E-state index is 0.121. The van der Waals surface area contributed by atoms with Gasteiger partial charge in [0.15, 0.2) is 5.78 Å². The minimum Gasteiger partial charge on any atom is -0.292 e. The highest BCUT2D eigenvalue weighted by Gasteiger charge is 2.25. The van der Waals surface area contributed by atoms with E-state index in [9.17, 15) is 4.79 Å². The second kappa shape index (κ2) is 3.11. The zero-order valence-corrected chi connectivity index (χ0v) is 8.14. The van der Waals surface area contributed by atoms with Gasteiger partial charge in [0, 0.05) is 23.2 Å². The van der Waals surface area contributed by atoms with E-state index in [2.05, 4.69) is 11.9 Å². The van der Waals surface area contributed by atoms with Crippen LogP contribution in [0.4, 0.5) is 0 Å². The standard InChI is InChI=1S/C10H10ClNO/c1-6-2-3-8(13)10-9(6)7(11)4-5-12-10/h4-6H,2-3H2,1H3/t6-/m1/s1. The number of ketones is 1. The first-order valence-corrected chi connectivity index (χ1v) is 4.75. The lowest BCUT2D eigenvalue weighted by molar-refractivity contribution is 0.0962. The number of carbonyl (C=O) groups is 1. The molecule has 0 radical (unpaired) electrons. The van der Waals surface area contributed by atoms with E-state index in [1.165, 1.54) is 0 Å². The first-order chi connectivity index (χ1) is 6.20. The highest BCUT2D eigenvalue weighted by Crippen LogP contribution is 2.34. The third-order valence-electron chi connectivity index (χ3n) is 2.50. The van der Waals surface area contributed by atoms with Gasteiger partial charge in [-0.2, -0.15) is 0 Å². The molecule has 68 valence electrons. The Morgan fingerprint density at radius 3 is 3.08 bits per heavy atom. The van der Waals surface area contributed by atoms with Gasteiger partial charge in [-0.1, -0.05) is 18.5 Å². The van der Waals surface area contributed by atoms with E-state index in [1.54, 1.807) is 12.3 Å². The molecule has 0 saturated heterocycles. The van der Waals surface area contributed by atoms with Crippen LogP contribution < -0.4 is 0 Å². The summed E-state index contributed by atoms with van der Waals surface area (Å²) in [6, 6.07) is 1.75. The molecule has 2 nitrogen and oxygen atoms in total. The van der Waals surface area contributed by atoms with Crippen molar-refractivity contribution in [1.29, 1.82) is 0 Å². The summed E-state index contributed by atoms with van der Waals surface area (Å²) in [6.45, 7) is 2.08. The molecule has 3 heteroatoms. The molecule has 0 saturated carbocycles. The summed E-state index contributed by atoms with van der Waals surface area (Å²) in [6.07, 6.45) is 3.08. The van der Waals surface area contributed by atoms with Gasteiger partial charge >= 0.3 is 0 Å². The molecular weight excluding hydrogens is 186 g/mol. The quantitative estimate of drug-likeness (QED) is 0.637. The maximum Gasteiger partial charge on any atom is 0.181 e. The number of halogens is 1. The maximum atomic E-state index is 11.5. The van der Waals surface area contributed by atoms with Crippen molar-refractivity contribution in [3.05, 3.63) is 28.5 Å². The fourth-order valence-corrected chi connectivity index (χ4v) is 2.08. The van der Waals surface area contributed by atoms with Crippen molar-refractivity contribution in [3.8, 4) is 0 Å². The van der Waals surface area contributed by atoms with E-state index < -0.39 is 0 Å². The van der Waals surface area contributed by atoms with Crippen molar-refractivity contribution < 1.29 is 4.79 Å². The monoisotopic (exact) mass is 195 g/mol. The Labute approximate surface area is 81.9 Å². The highest BCUT2D eigenvalue weighted by atomic mass is 35.5. The summed E-state index contributed by atoms with van der Waals surface area (Å²) in [4.78, 5) is 15.5. The van der Waals surface area contributed by atoms with Crippen molar-refractivity contribution in [2.75, 3.05) is 0 Å². The molecule has 0 aromatic carbocycles. The fraction of sp³-hybridized carbons (Fsp3) is 0.400. The molecule has 0 amide bonds. The molecule has 0 spiro atoms. The number of carbonyl (C=O) groups excluding carboxylic acids is 1. The van der Waals surface area contributed by atoms with Gasteiger partial charge in [-0.25, -0.2) is 0 Å². The van der Waals surface area contributed by atoms with Crippen molar-refractivity contribution in [2.45, 2.75) is 25.7 Å². The number of hydrogen-bond donors (Lipinski definition) is 0. The Bertz CT molecular complexity index is 362. The molecule has 1 aliphatic rings. The minimum atomic E-state index is 0.121. The Morgan fingerprint density at radius 1 is 1.62 bits per heavy atom. The fourth-order valence-electron chi connectivity index (χ4n) is 1.75. The number of aromatic nitrogens is 1. The predicted octanol–water partition coefficient (Wildman–Crippen LogP) is 2.82. The number of rotatable bonds is 0. The molecule has 0 bridgehead atoms. The van der Waals surface area contributed by atoms with Gasteiger partial charge in [0.1, 0.15) is 5.69 Å². The number of nitrogens with zero attached hydrogens (tertiary/aromatic N) is 1. The summed E-state index contributed by atoms with van der Waals surface area (Å²) < 4.78 is 0. The van der Waals surface area contributed by atoms with E-state index in [1.807, 2.05) is 0 Å². The summed E-state index contributed by atoms with van der Waals surface area (Å²) in [5, 5.41) is 0.672. The van der Waals surface area contributed by atoms with Crippen LogP contribution in [-0.2, 0) is 0 Å². The summed E-state index contributed by atoms with van der Waals surface area (Å²) in [5.41, 5.74) is 1.51. The average Bonchev–Trinajstić information content (AvgIpc) is 2.12. The predicted molar refractivity (Wildman–Crippen MR) is 51.2 cm³/mol. The zero-order valence-electron chi connectivity index (χ0n) is 7.38. The lowest BCUT2D eigenvalue weighted by Gasteiger charge is -2.20. The number of pyridine rings is 1. The number of Topliss-reactive ketones (excluding diaryl/α,β-unsaturated/α-hetero) is 1. The Morgan fingerprint density at radius 2 is 2.38 bits per heavy atom. The van der Waals surface area contributed by atoms with Gasteiger partial charge < -0.3 is 0 Å². The largest absolute Gasteiger partial charge is 0.292 e. The number of fused-ring (bicyclic) bond motifs is 1. The maximum absolute atomic E-state index is 11.5. The zero-order chi connectivity index (χ0) is 9.42. The SMILES string of the molecule is C[C@@H]1CCC(=O)c2nccc(Cl)c21. The molecular formula is C10H10ClNO. The van der Waals surface area contributed by atoms with Crippen molar-refractivity contribution >= 4 is 17.4 Å². The van der Waals surface area contributed by atoms with Gasteiger partial charge in [0.05, 0.1) is 0 Å². The van der Waals surface area contributed by atoms with Crippen molar-refractivity contribution in [2.24, 2.45) is 0 Å². The molecule has 0 aliphatic heterocycles. The van der Waals surface area contributed by atoms with E-state index in [0.29, 0.717) is 23.1 Å². The molecule has 0 N–H and O–H groups in total. The van der Waals surface area contributed by atoms with Crippen LogP contribution in [0.3, 0.4) is 0 Å². The Hall–Kier alpha value is -0.890. The van der Waals surface area contributed by atoms with Crippen LogP contribution in [-0.4, -0.2) is 10.8 Å². The molecule has 1 aromatic heterocycles. The van der Waals surface area contributed by atoms with Crippen LogP contribution >= 0.6 is 11.6 Å². The van der Waals surface area contributed by atoms with E-state index in [0.717, 1.165) is 12.0 Å². The molecule has 2 rings (SSSR count). The second-order valence-electron chi connectivity index (χ2n) is 3.42. The van der Waals surface area contributed by atoms with Crippen LogP contribution in [0.2, 0.25) is 5.02 Å². The van der Waals surface area contributed by atoms with Gasteiger partial charge in [0.2, 0.25) is 0 Å². The van der Waals surface area contributed by atoms with Crippen LogP contribution in [0.1, 0.15) is 41.7 Å². The summed E-state index contributed by atoms with van der Waals surface area (Å²) in [7, 11) is 0. The van der Waals surface area contributed by atoms with Gasteiger partial charge in [-0.3, -0.25) is 9.78 Å². The third-order valence-corrected chi connectivity index (χ3v) is 2.83. The average molecular weight is 196 g/mol. The number of hydrogen-bond acceptors (Lipinski definition) is 2. The van der Waals surface area contributed by atoms with E-state index in [-0.39, 0.29) is 5.78 Å². The molecule has 1 aromatic rings. The van der Waals surface area contributed by atoms with Gasteiger partial charge in [0.25, 0.3) is 0 Å². The highest BCUT2D eigenvalue weighted by molar-refractivity contribution is 6.32. The van der Waals surface area contributed by atoms with Gasteiger partial charge in [-0.15, -0.1) is 0 Å². The first-order valence-electron chi connectivity index (χ1n) is 4.37. The lowest BCUT2D eigenvalue weighted by atomic mass is 9.86.